The Balaban J connectivity index is 1.69. The van der Waals surface area contributed by atoms with Crippen LogP contribution in [0.2, 0.25) is 0 Å². The van der Waals surface area contributed by atoms with Crippen molar-refractivity contribution >= 4 is 29.2 Å². The molecule has 0 unspecified atom stereocenters. The van der Waals surface area contributed by atoms with Crippen molar-refractivity contribution in [2.75, 3.05) is 4.90 Å². The van der Waals surface area contributed by atoms with E-state index in [4.69, 9.17) is 0 Å². The van der Waals surface area contributed by atoms with Gasteiger partial charge in [0, 0.05) is 24.7 Å². The fourth-order valence-electron chi connectivity index (χ4n) is 4.20. The number of amides is 1. The number of nitrogens with zero attached hydrogens (tertiary/aromatic N) is 5. The van der Waals surface area contributed by atoms with Crippen molar-refractivity contribution in [3.8, 4) is 5.69 Å². The number of para-hydroxylation sites is 1. The van der Waals surface area contributed by atoms with Gasteiger partial charge in [-0.25, -0.2) is 9.67 Å². The number of benzene rings is 3. The van der Waals surface area contributed by atoms with Crippen LogP contribution in [-0.2, 0) is 11.8 Å². The molecule has 1 aliphatic rings. The van der Waals surface area contributed by atoms with Gasteiger partial charge in [-0.2, -0.15) is 0 Å². The Morgan fingerprint density at radius 3 is 2.25 bits per heavy atom. The molecule has 36 heavy (non-hydrogen) atoms. The van der Waals surface area contributed by atoms with Crippen LogP contribution in [0, 0.1) is 17.0 Å². The van der Waals surface area contributed by atoms with Crippen molar-refractivity contribution in [1.29, 1.82) is 0 Å². The van der Waals surface area contributed by atoms with Crippen molar-refractivity contribution in [3.05, 3.63) is 128 Å². The summed E-state index contributed by atoms with van der Waals surface area (Å²) in [6, 6.07) is 24.2. The van der Waals surface area contributed by atoms with E-state index >= 15 is 0 Å². The molecule has 9 nitrogen and oxygen atoms in total. The Labute approximate surface area is 206 Å². The van der Waals surface area contributed by atoms with Gasteiger partial charge in [0.05, 0.1) is 16.3 Å². The number of hydrogen-bond acceptors (Lipinski definition) is 5. The molecule has 1 aromatic heterocycles. The van der Waals surface area contributed by atoms with E-state index in [9.17, 15) is 19.7 Å². The molecule has 178 valence electrons. The van der Waals surface area contributed by atoms with Gasteiger partial charge in [0.25, 0.3) is 17.2 Å². The monoisotopic (exact) mass is 479 g/mol. The normalized spacial score (nSPS) is 14.4. The molecule has 2 heterocycles. The maximum Gasteiger partial charge on any atom is 0.296 e. The highest BCUT2D eigenvalue weighted by Gasteiger charge is 2.37. The lowest BCUT2D eigenvalue weighted by molar-refractivity contribution is -0.384. The molecule has 1 aliphatic heterocycles. The number of non-ortho nitro benzene ring substituents is 1. The van der Waals surface area contributed by atoms with Crippen LogP contribution in [0.4, 0.5) is 11.4 Å². The number of hydrogen-bond donors (Lipinski definition) is 0. The van der Waals surface area contributed by atoms with E-state index in [0.717, 1.165) is 0 Å². The van der Waals surface area contributed by atoms with Gasteiger partial charge in [0.2, 0.25) is 0 Å². The SMILES string of the molecule is Cc1c(N2C(=O)/C(=C\c3cccc([N+](=O)[O-])c3)N=C2c2ccccc2)c(=O)n(-c2ccccc2)n1C. The summed E-state index contributed by atoms with van der Waals surface area (Å²) >= 11 is 0. The third-order valence-corrected chi connectivity index (χ3v) is 6.02. The van der Waals surface area contributed by atoms with Gasteiger partial charge in [-0.3, -0.25) is 29.3 Å². The lowest BCUT2D eigenvalue weighted by atomic mass is 10.1. The molecular formula is C27H21N5O4. The van der Waals surface area contributed by atoms with Gasteiger partial charge in [0.1, 0.15) is 17.2 Å². The van der Waals surface area contributed by atoms with Crippen LogP contribution < -0.4 is 10.5 Å². The van der Waals surface area contributed by atoms with Crippen molar-refractivity contribution < 1.29 is 9.72 Å². The van der Waals surface area contributed by atoms with Gasteiger partial charge in [-0.1, -0.05) is 60.7 Å². The quantitative estimate of drug-likeness (QED) is 0.243. The minimum Gasteiger partial charge on any atom is -0.283 e. The number of amidine groups is 1. The van der Waals surface area contributed by atoms with E-state index in [-0.39, 0.29) is 22.6 Å². The molecule has 0 atom stereocenters. The summed E-state index contributed by atoms with van der Waals surface area (Å²) in [6.07, 6.45) is 1.49. The number of carbonyl (C=O) groups is 1. The molecule has 0 aliphatic carbocycles. The highest BCUT2D eigenvalue weighted by atomic mass is 16.6. The van der Waals surface area contributed by atoms with Crippen LogP contribution in [0.25, 0.3) is 11.8 Å². The molecule has 1 amide bonds. The lowest BCUT2D eigenvalue weighted by Crippen LogP contribution is -2.36. The van der Waals surface area contributed by atoms with Gasteiger partial charge in [-0.15, -0.1) is 0 Å². The van der Waals surface area contributed by atoms with Crippen LogP contribution in [0.3, 0.4) is 0 Å². The molecule has 0 N–H and O–H groups in total. The highest BCUT2D eigenvalue weighted by Crippen LogP contribution is 2.29. The smallest absolute Gasteiger partial charge is 0.283 e. The molecular weight excluding hydrogens is 458 g/mol. The summed E-state index contributed by atoms with van der Waals surface area (Å²) in [6.45, 7) is 1.77. The average molecular weight is 479 g/mol. The van der Waals surface area contributed by atoms with Gasteiger partial charge in [0.15, 0.2) is 0 Å². The number of rotatable bonds is 5. The fraction of sp³-hybridized carbons (Fsp3) is 0.0741. The molecule has 9 heteroatoms. The molecule has 0 spiro atoms. The van der Waals surface area contributed by atoms with Crippen LogP contribution >= 0.6 is 0 Å². The Morgan fingerprint density at radius 2 is 1.58 bits per heavy atom. The topological polar surface area (TPSA) is 103 Å². The third-order valence-electron chi connectivity index (χ3n) is 6.02. The molecule has 0 saturated carbocycles. The summed E-state index contributed by atoms with van der Waals surface area (Å²) in [5, 5.41) is 11.2. The largest absolute Gasteiger partial charge is 0.296 e. The maximum atomic E-state index is 13.7. The summed E-state index contributed by atoms with van der Waals surface area (Å²) in [5.41, 5.74) is 2.16. The first-order chi connectivity index (χ1) is 17.4. The first-order valence-corrected chi connectivity index (χ1v) is 11.2. The molecule has 3 aromatic carbocycles. The second kappa shape index (κ2) is 8.95. The highest BCUT2D eigenvalue weighted by molar-refractivity contribution is 6.33. The van der Waals surface area contributed by atoms with Crippen molar-refractivity contribution in [2.24, 2.45) is 12.0 Å². The predicted molar refractivity (Wildman–Crippen MR) is 137 cm³/mol. The predicted octanol–water partition coefficient (Wildman–Crippen LogP) is 4.23. The summed E-state index contributed by atoms with van der Waals surface area (Å²) in [7, 11) is 1.76. The zero-order chi connectivity index (χ0) is 25.4. The Kier molecular flexibility index (Phi) is 5.65. The maximum absolute atomic E-state index is 13.7. The third kappa shape index (κ3) is 3.82. The van der Waals surface area contributed by atoms with Crippen molar-refractivity contribution in [2.45, 2.75) is 6.92 Å². The van der Waals surface area contributed by atoms with E-state index in [2.05, 4.69) is 4.99 Å². The number of aliphatic imine (C=N–C) groups is 1. The van der Waals surface area contributed by atoms with Gasteiger partial charge < -0.3 is 0 Å². The number of carbonyl (C=O) groups excluding carboxylic acids is 1. The molecule has 0 bridgehead atoms. The first kappa shape index (κ1) is 22.7. The Bertz CT molecular complexity index is 1620. The Morgan fingerprint density at radius 1 is 0.917 bits per heavy atom. The minimum absolute atomic E-state index is 0.0725. The Hall–Kier alpha value is -5.05. The van der Waals surface area contributed by atoms with E-state index in [1.165, 1.54) is 27.8 Å². The summed E-state index contributed by atoms with van der Waals surface area (Å²) < 4.78 is 3.20. The molecule has 0 radical (unpaired) electrons. The zero-order valence-corrected chi connectivity index (χ0v) is 19.5. The standard InChI is InChI=1S/C27H21N5O4/c1-18-24(27(34)31(29(18)2)21-13-7-4-8-14-21)30-25(20-11-5-3-6-12-20)28-23(26(30)33)17-19-10-9-15-22(16-19)32(35)36/h3-17H,1-2H3/b23-17+. The van der Waals surface area contributed by atoms with Crippen LogP contribution in [0.5, 0.6) is 0 Å². The molecule has 5 rings (SSSR count). The van der Waals surface area contributed by atoms with Crippen LogP contribution in [0.15, 0.2) is 100 Å². The van der Waals surface area contributed by atoms with Crippen molar-refractivity contribution in [3.63, 3.8) is 0 Å². The second-order valence-electron chi connectivity index (χ2n) is 8.23. The van der Waals surface area contributed by atoms with Crippen LogP contribution in [0.1, 0.15) is 16.8 Å². The summed E-state index contributed by atoms with van der Waals surface area (Å²) in [5.74, 6) is -0.185. The molecule has 0 fully saturated rings. The summed E-state index contributed by atoms with van der Waals surface area (Å²) in [4.78, 5) is 44.0. The van der Waals surface area contributed by atoms with E-state index < -0.39 is 10.8 Å². The number of nitro benzene ring substituents is 1. The fourth-order valence-corrected chi connectivity index (χ4v) is 4.20. The zero-order valence-electron chi connectivity index (χ0n) is 19.5. The lowest BCUT2D eigenvalue weighted by Gasteiger charge is -2.17. The van der Waals surface area contributed by atoms with Crippen LogP contribution in [-0.4, -0.2) is 26.0 Å². The molecule has 0 saturated heterocycles. The molecule has 4 aromatic rings. The number of anilines is 1. The average Bonchev–Trinajstić information content (AvgIpc) is 3.32. The van der Waals surface area contributed by atoms with Gasteiger partial charge in [-0.05, 0) is 30.7 Å². The number of aromatic nitrogens is 2. The van der Waals surface area contributed by atoms with E-state index in [0.29, 0.717) is 28.3 Å². The van der Waals surface area contributed by atoms with Gasteiger partial charge >= 0.3 is 0 Å². The van der Waals surface area contributed by atoms with Crippen molar-refractivity contribution in [1.82, 2.24) is 9.36 Å². The first-order valence-electron chi connectivity index (χ1n) is 11.2. The number of nitro groups is 1. The minimum atomic E-state index is -0.497. The second-order valence-corrected chi connectivity index (χ2v) is 8.23. The van der Waals surface area contributed by atoms with E-state index in [1.54, 1.807) is 30.8 Å². The van der Waals surface area contributed by atoms with E-state index in [1.807, 2.05) is 60.7 Å².